The van der Waals surface area contributed by atoms with Gasteiger partial charge in [-0.1, -0.05) is 19.1 Å². The molecule has 0 bridgehead atoms. The van der Waals surface area contributed by atoms with E-state index < -0.39 is 0 Å². The van der Waals surface area contributed by atoms with Gasteiger partial charge in [0.1, 0.15) is 5.75 Å². The van der Waals surface area contributed by atoms with Crippen LogP contribution in [0, 0.1) is 22.7 Å². The highest BCUT2D eigenvalue weighted by Crippen LogP contribution is 2.13. The van der Waals surface area contributed by atoms with Gasteiger partial charge in [-0.2, -0.15) is 10.5 Å². The van der Waals surface area contributed by atoms with Crippen molar-refractivity contribution in [2.75, 3.05) is 13.2 Å². The fourth-order valence-electron chi connectivity index (χ4n) is 2.33. The topological polar surface area (TPSA) is 77.1 Å². The average Bonchev–Trinajstić information content (AvgIpc) is 2.66. The minimum atomic E-state index is -0.101. The Labute approximate surface area is 147 Å². The molecule has 0 fully saturated rings. The Balaban J connectivity index is 1.96. The minimum absolute atomic E-state index is 0.0534. The van der Waals surface area contributed by atoms with E-state index in [0.717, 1.165) is 12.0 Å². The van der Waals surface area contributed by atoms with Crippen LogP contribution in [-0.4, -0.2) is 24.0 Å². The summed E-state index contributed by atoms with van der Waals surface area (Å²) in [5, 5.41) is 17.6. The van der Waals surface area contributed by atoms with E-state index in [-0.39, 0.29) is 12.5 Å². The van der Waals surface area contributed by atoms with E-state index in [9.17, 15) is 4.79 Å². The zero-order valence-electron chi connectivity index (χ0n) is 14.1. The molecular weight excluding hydrogens is 314 g/mol. The average molecular weight is 333 g/mol. The van der Waals surface area contributed by atoms with E-state index in [0.29, 0.717) is 30.0 Å². The quantitative estimate of drug-likeness (QED) is 0.779. The van der Waals surface area contributed by atoms with Crippen LogP contribution in [0.2, 0.25) is 0 Å². The Bertz CT molecular complexity index is 784. The maximum Gasteiger partial charge on any atom is 0.260 e. The first-order chi connectivity index (χ1) is 12.2. The molecule has 5 nitrogen and oxygen atoms in total. The van der Waals surface area contributed by atoms with Crippen molar-refractivity contribution in [3.8, 4) is 17.9 Å². The van der Waals surface area contributed by atoms with Gasteiger partial charge in [-0.3, -0.25) is 4.79 Å². The van der Waals surface area contributed by atoms with Crippen LogP contribution in [0.4, 0.5) is 0 Å². The van der Waals surface area contributed by atoms with Crippen molar-refractivity contribution >= 4 is 5.91 Å². The standard InChI is InChI=1S/C20H19N3O2/c1-2-11-23(14-18-5-3-16(12-21)4-6-18)20(24)15-25-19-9-7-17(13-22)8-10-19/h3-10H,2,11,14-15H2,1H3. The second kappa shape index (κ2) is 9.10. The number of rotatable bonds is 7. The highest BCUT2D eigenvalue weighted by molar-refractivity contribution is 5.77. The molecule has 126 valence electrons. The maximum atomic E-state index is 12.5. The Morgan fingerprint density at radius 1 is 1.00 bits per heavy atom. The van der Waals surface area contributed by atoms with Gasteiger partial charge >= 0.3 is 0 Å². The molecule has 0 aliphatic rings. The van der Waals surface area contributed by atoms with Crippen LogP contribution in [0.3, 0.4) is 0 Å². The SMILES string of the molecule is CCCN(Cc1ccc(C#N)cc1)C(=O)COc1ccc(C#N)cc1. The lowest BCUT2D eigenvalue weighted by Crippen LogP contribution is -2.35. The van der Waals surface area contributed by atoms with Crippen molar-refractivity contribution in [2.24, 2.45) is 0 Å². The number of nitrogens with zero attached hydrogens (tertiary/aromatic N) is 3. The van der Waals surface area contributed by atoms with Gasteiger partial charge in [-0.25, -0.2) is 0 Å². The zero-order valence-corrected chi connectivity index (χ0v) is 14.1. The molecule has 0 aliphatic carbocycles. The van der Waals surface area contributed by atoms with E-state index in [4.69, 9.17) is 15.3 Å². The second-order valence-corrected chi connectivity index (χ2v) is 5.55. The summed E-state index contributed by atoms with van der Waals surface area (Å²) in [5.74, 6) is 0.456. The summed E-state index contributed by atoms with van der Waals surface area (Å²) in [5.41, 5.74) is 2.12. The van der Waals surface area contributed by atoms with E-state index in [2.05, 4.69) is 6.07 Å². The van der Waals surface area contributed by atoms with Gasteiger partial charge in [0.25, 0.3) is 5.91 Å². The third-order valence-electron chi connectivity index (χ3n) is 3.65. The number of benzene rings is 2. The van der Waals surface area contributed by atoms with E-state index in [1.165, 1.54) is 0 Å². The number of amides is 1. The van der Waals surface area contributed by atoms with Crippen molar-refractivity contribution in [3.63, 3.8) is 0 Å². The number of carbonyl (C=O) groups is 1. The first-order valence-corrected chi connectivity index (χ1v) is 8.06. The molecule has 2 rings (SSSR count). The largest absolute Gasteiger partial charge is 0.484 e. The van der Waals surface area contributed by atoms with E-state index in [1.54, 1.807) is 41.3 Å². The fraction of sp³-hybridized carbons (Fsp3) is 0.250. The molecule has 0 saturated carbocycles. The van der Waals surface area contributed by atoms with E-state index >= 15 is 0 Å². The summed E-state index contributed by atoms with van der Waals surface area (Å²) in [4.78, 5) is 14.2. The Kier molecular flexibility index (Phi) is 6.56. The van der Waals surface area contributed by atoms with Crippen LogP contribution in [0.1, 0.15) is 30.0 Å². The van der Waals surface area contributed by atoms with Gasteiger partial charge < -0.3 is 9.64 Å². The summed E-state index contributed by atoms with van der Waals surface area (Å²) >= 11 is 0. The number of carbonyl (C=O) groups excluding carboxylic acids is 1. The van der Waals surface area contributed by atoms with Crippen molar-refractivity contribution in [1.82, 2.24) is 4.90 Å². The van der Waals surface area contributed by atoms with Gasteiger partial charge in [0, 0.05) is 13.1 Å². The van der Waals surface area contributed by atoms with Crippen LogP contribution in [0.15, 0.2) is 48.5 Å². The number of nitriles is 2. The second-order valence-electron chi connectivity index (χ2n) is 5.55. The van der Waals surface area contributed by atoms with E-state index in [1.807, 2.05) is 25.1 Å². The van der Waals surface area contributed by atoms with Crippen molar-refractivity contribution < 1.29 is 9.53 Å². The lowest BCUT2D eigenvalue weighted by molar-refractivity contribution is -0.134. The normalized spacial score (nSPS) is 9.72. The lowest BCUT2D eigenvalue weighted by atomic mass is 10.1. The molecule has 0 N–H and O–H groups in total. The summed E-state index contributed by atoms with van der Waals surface area (Å²) in [6.07, 6.45) is 0.846. The summed E-state index contributed by atoms with van der Waals surface area (Å²) in [6.45, 7) is 3.08. The molecule has 25 heavy (non-hydrogen) atoms. The molecule has 0 aliphatic heterocycles. The van der Waals surface area contributed by atoms with Crippen LogP contribution < -0.4 is 4.74 Å². The molecule has 0 spiro atoms. The first-order valence-electron chi connectivity index (χ1n) is 8.06. The maximum absolute atomic E-state index is 12.5. The van der Waals surface area contributed by atoms with Crippen LogP contribution in [0.5, 0.6) is 5.75 Å². The third-order valence-corrected chi connectivity index (χ3v) is 3.65. The molecular formula is C20H19N3O2. The molecule has 0 radical (unpaired) electrons. The van der Waals surface area contributed by atoms with Crippen LogP contribution >= 0.6 is 0 Å². The predicted octanol–water partition coefficient (Wildman–Crippen LogP) is 3.25. The molecule has 0 aromatic heterocycles. The molecule has 2 aromatic carbocycles. The summed E-state index contributed by atoms with van der Waals surface area (Å²) in [7, 11) is 0. The Hall–Kier alpha value is -3.31. The van der Waals surface area contributed by atoms with Crippen LogP contribution in [0.25, 0.3) is 0 Å². The Morgan fingerprint density at radius 3 is 2.08 bits per heavy atom. The van der Waals surface area contributed by atoms with Crippen molar-refractivity contribution in [2.45, 2.75) is 19.9 Å². The first kappa shape index (κ1) is 18.0. The molecule has 0 heterocycles. The minimum Gasteiger partial charge on any atom is -0.484 e. The zero-order chi connectivity index (χ0) is 18.1. The number of hydrogen-bond donors (Lipinski definition) is 0. The van der Waals surface area contributed by atoms with Crippen molar-refractivity contribution in [3.05, 3.63) is 65.2 Å². The molecule has 0 atom stereocenters. The molecule has 1 amide bonds. The summed E-state index contributed by atoms with van der Waals surface area (Å²) < 4.78 is 5.53. The molecule has 5 heteroatoms. The van der Waals surface area contributed by atoms with Crippen LogP contribution in [-0.2, 0) is 11.3 Å². The smallest absolute Gasteiger partial charge is 0.260 e. The number of ether oxygens (including phenoxy) is 1. The summed E-state index contributed by atoms with van der Waals surface area (Å²) in [6, 6.07) is 18.0. The molecule has 0 saturated heterocycles. The highest BCUT2D eigenvalue weighted by atomic mass is 16.5. The van der Waals surface area contributed by atoms with Gasteiger partial charge in [0.2, 0.25) is 0 Å². The molecule has 2 aromatic rings. The predicted molar refractivity (Wildman–Crippen MR) is 93.5 cm³/mol. The lowest BCUT2D eigenvalue weighted by Gasteiger charge is -2.22. The van der Waals surface area contributed by atoms with Crippen molar-refractivity contribution in [1.29, 1.82) is 10.5 Å². The molecule has 0 unspecified atom stereocenters. The van der Waals surface area contributed by atoms with Gasteiger partial charge in [-0.15, -0.1) is 0 Å². The van der Waals surface area contributed by atoms with Gasteiger partial charge in [0.05, 0.1) is 23.3 Å². The monoisotopic (exact) mass is 333 g/mol. The van der Waals surface area contributed by atoms with Gasteiger partial charge in [0.15, 0.2) is 6.61 Å². The Morgan fingerprint density at radius 2 is 1.56 bits per heavy atom. The highest BCUT2D eigenvalue weighted by Gasteiger charge is 2.14. The third kappa shape index (κ3) is 5.37. The van der Waals surface area contributed by atoms with Gasteiger partial charge in [-0.05, 0) is 48.4 Å². The fourth-order valence-corrected chi connectivity index (χ4v) is 2.33. The number of hydrogen-bond acceptors (Lipinski definition) is 4.